The van der Waals surface area contributed by atoms with Gasteiger partial charge in [-0.25, -0.2) is 5.43 Å². The predicted molar refractivity (Wildman–Crippen MR) is 111 cm³/mol. The van der Waals surface area contributed by atoms with Gasteiger partial charge in [-0.15, -0.1) is 11.3 Å². The van der Waals surface area contributed by atoms with E-state index >= 15 is 0 Å². The Labute approximate surface area is 163 Å². The third kappa shape index (κ3) is 4.83. The lowest BCUT2D eigenvalue weighted by Crippen LogP contribution is -2.18. The minimum atomic E-state index is -0.167. The summed E-state index contributed by atoms with van der Waals surface area (Å²) in [6, 6.07) is 9.42. The van der Waals surface area contributed by atoms with Crippen LogP contribution in [0, 0.1) is 5.92 Å². The highest BCUT2D eigenvalue weighted by Crippen LogP contribution is 2.33. The van der Waals surface area contributed by atoms with Crippen LogP contribution in [0.1, 0.15) is 59.3 Å². The van der Waals surface area contributed by atoms with Crippen LogP contribution in [-0.2, 0) is 17.6 Å². The fraction of sp³-hybridized carbons (Fsp3) is 0.381. The van der Waals surface area contributed by atoms with Crippen molar-refractivity contribution in [1.29, 1.82) is 0 Å². The van der Waals surface area contributed by atoms with Crippen LogP contribution in [-0.4, -0.2) is 17.5 Å². The quantitative estimate of drug-likeness (QED) is 0.594. The van der Waals surface area contributed by atoms with Crippen LogP contribution in [0.25, 0.3) is 0 Å². The SMILES string of the molecule is CC[C@@H]1CCc2sc(C(=O)N/N=C(/C)c3cccc(NC(C)=O)c3)cc2C1. The molecule has 1 heterocycles. The van der Waals surface area contributed by atoms with E-state index < -0.39 is 0 Å². The second kappa shape index (κ2) is 8.48. The number of nitrogens with one attached hydrogen (secondary N) is 2. The van der Waals surface area contributed by atoms with Crippen molar-refractivity contribution in [3.63, 3.8) is 0 Å². The van der Waals surface area contributed by atoms with Gasteiger partial charge in [-0.3, -0.25) is 9.59 Å². The van der Waals surface area contributed by atoms with Crippen molar-refractivity contribution < 1.29 is 9.59 Å². The monoisotopic (exact) mass is 383 g/mol. The smallest absolute Gasteiger partial charge is 0.281 e. The molecule has 27 heavy (non-hydrogen) atoms. The van der Waals surface area contributed by atoms with Crippen LogP contribution in [0.15, 0.2) is 35.4 Å². The second-order valence-corrected chi connectivity index (χ2v) is 8.11. The minimum absolute atomic E-state index is 0.123. The number of fused-ring (bicyclic) bond motifs is 1. The molecule has 1 aromatic carbocycles. The first-order valence-electron chi connectivity index (χ1n) is 9.30. The third-order valence-electron chi connectivity index (χ3n) is 4.91. The Morgan fingerprint density at radius 3 is 2.81 bits per heavy atom. The molecule has 0 saturated heterocycles. The fourth-order valence-corrected chi connectivity index (χ4v) is 4.44. The third-order valence-corrected chi connectivity index (χ3v) is 6.15. The number of hydrogen-bond acceptors (Lipinski definition) is 4. The zero-order valence-corrected chi connectivity index (χ0v) is 16.8. The van der Waals surface area contributed by atoms with Gasteiger partial charge in [-0.05, 0) is 61.4 Å². The highest BCUT2D eigenvalue weighted by atomic mass is 32.1. The van der Waals surface area contributed by atoms with Gasteiger partial charge in [-0.1, -0.05) is 25.5 Å². The molecular formula is C21H25N3O2S. The average molecular weight is 384 g/mol. The number of carbonyl (C=O) groups is 2. The molecule has 1 aliphatic rings. The molecule has 142 valence electrons. The summed E-state index contributed by atoms with van der Waals surface area (Å²) < 4.78 is 0. The number of aryl methyl sites for hydroxylation is 1. The highest BCUT2D eigenvalue weighted by molar-refractivity contribution is 7.14. The lowest BCUT2D eigenvalue weighted by atomic mass is 9.87. The van der Waals surface area contributed by atoms with Crippen LogP contribution in [0.5, 0.6) is 0 Å². The molecule has 2 aromatic rings. The fourth-order valence-electron chi connectivity index (χ4n) is 3.34. The average Bonchev–Trinajstić information content (AvgIpc) is 3.08. The molecule has 1 atom stereocenters. The largest absolute Gasteiger partial charge is 0.326 e. The zero-order valence-electron chi connectivity index (χ0n) is 16.0. The first-order chi connectivity index (χ1) is 13.0. The van der Waals surface area contributed by atoms with Crippen LogP contribution >= 0.6 is 11.3 Å². The van der Waals surface area contributed by atoms with Gasteiger partial charge in [0.05, 0.1) is 10.6 Å². The molecule has 0 unspecified atom stereocenters. The summed E-state index contributed by atoms with van der Waals surface area (Å²) in [5, 5.41) is 6.99. The first kappa shape index (κ1) is 19.3. The molecule has 5 nitrogen and oxygen atoms in total. The van der Waals surface area contributed by atoms with E-state index in [2.05, 4.69) is 22.8 Å². The molecule has 1 aliphatic carbocycles. The van der Waals surface area contributed by atoms with Crippen molar-refractivity contribution in [3.8, 4) is 0 Å². The van der Waals surface area contributed by atoms with Crippen LogP contribution in [0.2, 0.25) is 0 Å². The number of hydrazone groups is 1. The van der Waals surface area contributed by atoms with E-state index in [1.54, 1.807) is 11.3 Å². The van der Waals surface area contributed by atoms with Gasteiger partial charge in [0.25, 0.3) is 5.91 Å². The number of nitrogens with zero attached hydrogens (tertiary/aromatic N) is 1. The maximum absolute atomic E-state index is 12.5. The zero-order chi connectivity index (χ0) is 19.4. The van der Waals surface area contributed by atoms with Crippen LogP contribution in [0.4, 0.5) is 5.69 Å². The molecule has 0 fully saturated rings. The van der Waals surface area contributed by atoms with Crippen molar-refractivity contribution in [2.75, 3.05) is 5.32 Å². The number of anilines is 1. The summed E-state index contributed by atoms with van der Waals surface area (Å²) in [6.45, 7) is 5.53. The maximum atomic E-state index is 12.5. The number of rotatable bonds is 5. The summed E-state index contributed by atoms with van der Waals surface area (Å²) in [5.74, 6) is 0.445. The highest BCUT2D eigenvalue weighted by Gasteiger charge is 2.22. The van der Waals surface area contributed by atoms with Gasteiger partial charge in [0.15, 0.2) is 0 Å². The van der Waals surface area contributed by atoms with Gasteiger partial charge in [0.2, 0.25) is 5.91 Å². The molecule has 2 N–H and O–H groups in total. The number of hydrogen-bond donors (Lipinski definition) is 2. The summed E-state index contributed by atoms with van der Waals surface area (Å²) in [6.07, 6.45) is 4.56. The minimum Gasteiger partial charge on any atom is -0.326 e. The predicted octanol–water partition coefficient (Wildman–Crippen LogP) is 4.38. The molecule has 0 spiro atoms. The Morgan fingerprint density at radius 2 is 2.07 bits per heavy atom. The van der Waals surface area contributed by atoms with Gasteiger partial charge < -0.3 is 5.32 Å². The first-order valence-corrected chi connectivity index (χ1v) is 10.1. The summed E-state index contributed by atoms with van der Waals surface area (Å²) in [5.41, 5.74) is 6.22. The number of carbonyl (C=O) groups excluding carboxylic acids is 2. The molecule has 3 rings (SSSR count). The molecule has 6 heteroatoms. The van der Waals surface area contributed by atoms with Crippen molar-refractivity contribution in [1.82, 2.24) is 5.43 Å². The van der Waals surface area contributed by atoms with Crippen LogP contribution < -0.4 is 10.7 Å². The Hall–Kier alpha value is -2.47. The van der Waals surface area contributed by atoms with Crippen LogP contribution in [0.3, 0.4) is 0 Å². The number of benzene rings is 1. The Morgan fingerprint density at radius 1 is 1.26 bits per heavy atom. The Balaban J connectivity index is 1.68. The summed E-state index contributed by atoms with van der Waals surface area (Å²) in [7, 11) is 0. The van der Waals surface area contributed by atoms with Gasteiger partial charge in [0, 0.05) is 17.5 Å². The van der Waals surface area contributed by atoms with E-state index in [0.29, 0.717) is 11.4 Å². The molecule has 2 amide bonds. The normalized spacial score (nSPS) is 16.6. The number of thiophene rings is 1. The van der Waals surface area contributed by atoms with E-state index in [4.69, 9.17) is 0 Å². The van der Waals surface area contributed by atoms with Crippen molar-refractivity contribution in [3.05, 3.63) is 51.2 Å². The number of amides is 2. The molecule has 0 bridgehead atoms. The molecular weight excluding hydrogens is 358 g/mol. The Bertz CT molecular complexity index is 885. The standard InChI is InChI=1S/C21H25N3O2S/c1-4-15-8-9-19-17(10-15)12-20(27-19)21(26)24-23-13(2)16-6-5-7-18(11-16)22-14(3)25/h5-7,11-12,15H,4,8-10H2,1-3H3,(H,22,25)(H,24,26)/b23-13-/t15-/m1/s1. The molecule has 0 aliphatic heterocycles. The lowest BCUT2D eigenvalue weighted by Gasteiger charge is -2.19. The van der Waals surface area contributed by atoms with E-state index in [1.807, 2.05) is 37.3 Å². The van der Waals surface area contributed by atoms with E-state index in [1.165, 1.54) is 30.2 Å². The van der Waals surface area contributed by atoms with Gasteiger partial charge >= 0.3 is 0 Å². The topological polar surface area (TPSA) is 70.6 Å². The molecule has 0 saturated carbocycles. The second-order valence-electron chi connectivity index (χ2n) is 6.98. The summed E-state index contributed by atoms with van der Waals surface area (Å²) in [4.78, 5) is 25.8. The van der Waals surface area contributed by atoms with Crippen molar-refractivity contribution >= 4 is 34.6 Å². The van der Waals surface area contributed by atoms with Gasteiger partial charge in [0.1, 0.15) is 0 Å². The van der Waals surface area contributed by atoms with Crippen molar-refractivity contribution in [2.45, 2.75) is 46.5 Å². The molecule has 1 aromatic heterocycles. The van der Waals surface area contributed by atoms with E-state index in [-0.39, 0.29) is 11.8 Å². The lowest BCUT2D eigenvalue weighted by molar-refractivity contribution is -0.114. The molecule has 0 radical (unpaired) electrons. The van der Waals surface area contributed by atoms with Crippen molar-refractivity contribution in [2.24, 2.45) is 11.0 Å². The maximum Gasteiger partial charge on any atom is 0.281 e. The van der Waals surface area contributed by atoms with E-state index in [9.17, 15) is 9.59 Å². The summed E-state index contributed by atoms with van der Waals surface area (Å²) >= 11 is 1.58. The van der Waals surface area contributed by atoms with E-state index in [0.717, 1.165) is 29.2 Å². The Kier molecular flexibility index (Phi) is 6.06. The van der Waals surface area contributed by atoms with Gasteiger partial charge in [-0.2, -0.15) is 5.10 Å².